The Balaban J connectivity index is 2.35. The highest BCUT2D eigenvalue weighted by molar-refractivity contribution is 5.60. The van der Waals surface area contributed by atoms with Gasteiger partial charge in [-0.15, -0.1) is 0 Å². The SMILES string of the molecule is CC(C)N1CCC1[C]=O. The zero-order chi connectivity index (χ0) is 6.85. The van der Waals surface area contributed by atoms with Gasteiger partial charge in [-0.2, -0.15) is 0 Å². The summed E-state index contributed by atoms with van der Waals surface area (Å²) in [5.41, 5.74) is 0. The lowest BCUT2D eigenvalue weighted by molar-refractivity contribution is 0.0980. The predicted octanol–water partition coefficient (Wildman–Crippen LogP) is 0.579. The molecule has 1 fully saturated rings. The quantitative estimate of drug-likeness (QED) is 0.539. The Kier molecular flexibility index (Phi) is 1.86. The molecule has 1 unspecified atom stereocenters. The molecule has 51 valence electrons. The molecule has 0 aromatic heterocycles. The molecule has 1 radical (unpaired) electrons. The lowest BCUT2D eigenvalue weighted by atomic mass is 10.0. The topological polar surface area (TPSA) is 20.3 Å². The third-order valence-electron chi connectivity index (χ3n) is 1.86. The van der Waals surface area contributed by atoms with E-state index in [-0.39, 0.29) is 6.04 Å². The molecular weight excluding hydrogens is 114 g/mol. The van der Waals surface area contributed by atoms with Gasteiger partial charge in [0.05, 0.1) is 6.04 Å². The van der Waals surface area contributed by atoms with E-state index in [1.54, 1.807) is 0 Å². The molecule has 2 nitrogen and oxygen atoms in total. The molecule has 1 atom stereocenters. The van der Waals surface area contributed by atoms with Gasteiger partial charge >= 0.3 is 0 Å². The summed E-state index contributed by atoms with van der Waals surface area (Å²) in [5.74, 6) is 0. The summed E-state index contributed by atoms with van der Waals surface area (Å²) in [6.07, 6.45) is 3.01. The van der Waals surface area contributed by atoms with E-state index in [1.807, 2.05) is 6.29 Å². The van der Waals surface area contributed by atoms with Crippen LogP contribution in [0.25, 0.3) is 0 Å². The lowest BCUT2D eigenvalue weighted by Gasteiger charge is -2.39. The molecule has 2 heteroatoms. The van der Waals surface area contributed by atoms with Crippen LogP contribution in [0.15, 0.2) is 0 Å². The van der Waals surface area contributed by atoms with Crippen molar-refractivity contribution in [3.63, 3.8) is 0 Å². The molecule has 0 saturated carbocycles. The summed E-state index contributed by atoms with van der Waals surface area (Å²) in [6.45, 7) is 5.27. The molecule has 0 amide bonds. The number of hydrogen-bond donors (Lipinski definition) is 0. The fourth-order valence-corrected chi connectivity index (χ4v) is 1.15. The van der Waals surface area contributed by atoms with Gasteiger partial charge in [0.15, 0.2) is 0 Å². The van der Waals surface area contributed by atoms with E-state index in [2.05, 4.69) is 18.7 Å². The normalized spacial score (nSPS) is 28.1. The smallest absolute Gasteiger partial charge is 0.217 e. The Morgan fingerprint density at radius 3 is 2.44 bits per heavy atom. The summed E-state index contributed by atoms with van der Waals surface area (Å²) < 4.78 is 0. The highest BCUT2D eigenvalue weighted by atomic mass is 16.1. The van der Waals surface area contributed by atoms with Crippen molar-refractivity contribution in [1.29, 1.82) is 0 Å². The summed E-state index contributed by atoms with van der Waals surface area (Å²) in [7, 11) is 0. The summed E-state index contributed by atoms with van der Waals surface area (Å²) in [6, 6.07) is 0.607. The highest BCUT2D eigenvalue weighted by Crippen LogP contribution is 2.17. The third-order valence-corrected chi connectivity index (χ3v) is 1.86. The van der Waals surface area contributed by atoms with Gasteiger partial charge in [-0.05, 0) is 20.3 Å². The van der Waals surface area contributed by atoms with Crippen LogP contribution in [0.5, 0.6) is 0 Å². The van der Waals surface area contributed by atoms with Crippen LogP contribution < -0.4 is 0 Å². The van der Waals surface area contributed by atoms with Crippen molar-refractivity contribution in [3.8, 4) is 0 Å². The Labute approximate surface area is 55.8 Å². The van der Waals surface area contributed by atoms with E-state index in [0.717, 1.165) is 13.0 Å². The van der Waals surface area contributed by atoms with Gasteiger partial charge in [0.25, 0.3) is 0 Å². The second kappa shape index (κ2) is 2.48. The van der Waals surface area contributed by atoms with Crippen molar-refractivity contribution in [1.82, 2.24) is 4.90 Å². The van der Waals surface area contributed by atoms with E-state index >= 15 is 0 Å². The average Bonchev–Trinajstić information content (AvgIpc) is 1.61. The standard InChI is InChI=1S/C7H12NO/c1-6(2)8-4-3-7(8)5-9/h6-7H,3-4H2,1-2H3. The molecule has 1 saturated heterocycles. The largest absolute Gasteiger partial charge is 0.291 e. The zero-order valence-electron chi connectivity index (χ0n) is 5.92. The first kappa shape index (κ1) is 6.75. The average molecular weight is 126 g/mol. The maximum absolute atomic E-state index is 10.1. The Morgan fingerprint density at radius 1 is 1.67 bits per heavy atom. The Morgan fingerprint density at radius 2 is 2.33 bits per heavy atom. The van der Waals surface area contributed by atoms with Gasteiger partial charge in [-0.25, -0.2) is 0 Å². The number of likely N-dealkylation sites (tertiary alicyclic amines) is 1. The molecule has 1 aliphatic rings. The van der Waals surface area contributed by atoms with Gasteiger partial charge < -0.3 is 0 Å². The predicted molar refractivity (Wildman–Crippen MR) is 35.9 cm³/mol. The highest BCUT2D eigenvalue weighted by Gasteiger charge is 2.29. The third kappa shape index (κ3) is 1.13. The van der Waals surface area contributed by atoms with Crippen molar-refractivity contribution < 1.29 is 4.79 Å². The molecule has 0 N–H and O–H groups in total. The first-order chi connectivity index (χ1) is 4.25. The van der Waals surface area contributed by atoms with Crippen LogP contribution in [0.1, 0.15) is 20.3 Å². The van der Waals surface area contributed by atoms with Gasteiger partial charge in [-0.1, -0.05) is 0 Å². The van der Waals surface area contributed by atoms with Crippen LogP contribution in [0.2, 0.25) is 0 Å². The number of hydrogen-bond acceptors (Lipinski definition) is 2. The van der Waals surface area contributed by atoms with Crippen LogP contribution in [0.3, 0.4) is 0 Å². The van der Waals surface area contributed by atoms with Gasteiger partial charge in [-0.3, -0.25) is 9.69 Å². The van der Waals surface area contributed by atoms with Gasteiger partial charge in [0.1, 0.15) is 0 Å². The van der Waals surface area contributed by atoms with Crippen molar-refractivity contribution in [2.24, 2.45) is 0 Å². The van der Waals surface area contributed by atoms with E-state index in [0.29, 0.717) is 6.04 Å². The first-order valence-electron chi connectivity index (χ1n) is 3.39. The molecule has 0 aromatic carbocycles. The summed E-state index contributed by atoms with van der Waals surface area (Å²) in [4.78, 5) is 12.3. The molecule has 9 heavy (non-hydrogen) atoms. The van der Waals surface area contributed by atoms with E-state index in [9.17, 15) is 4.79 Å². The van der Waals surface area contributed by atoms with E-state index in [1.165, 1.54) is 0 Å². The molecule has 0 aliphatic carbocycles. The van der Waals surface area contributed by atoms with Crippen LogP contribution in [0.4, 0.5) is 0 Å². The van der Waals surface area contributed by atoms with Gasteiger partial charge in [0.2, 0.25) is 6.29 Å². The molecule has 1 rings (SSSR count). The minimum atomic E-state index is 0.102. The lowest BCUT2D eigenvalue weighted by Crippen LogP contribution is -2.52. The number of nitrogens with zero attached hydrogens (tertiary/aromatic N) is 1. The first-order valence-corrected chi connectivity index (χ1v) is 3.39. The van der Waals surface area contributed by atoms with Crippen molar-refractivity contribution >= 4 is 6.29 Å². The van der Waals surface area contributed by atoms with Crippen LogP contribution in [-0.2, 0) is 4.79 Å². The molecule has 0 aromatic rings. The number of carbonyl (C=O) groups excluding carboxylic acids is 1. The van der Waals surface area contributed by atoms with E-state index in [4.69, 9.17) is 0 Å². The van der Waals surface area contributed by atoms with E-state index < -0.39 is 0 Å². The maximum Gasteiger partial charge on any atom is 0.217 e. The second-order valence-electron chi connectivity index (χ2n) is 2.75. The minimum absolute atomic E-state index is 0.102. The van der Waals surface area contributed by atoms with Gasteiger partial charge in [0, 0.05) is 12.6 Å². The summed E-state index contributed by atoms with van der Waals surface area (Å²) in [5, 5.41) is 0. The van der Waals surface area contributed by atoms with Crippen LogP contribution >= 0.6 is 0 Å². The summed E-state index contributed by atoms with van der Waals surface area (Å²) >= 11 is 0. The maximum atomic E-state index is 10.1. The van der Waals surface area contributed by atoms with Crippen molar-refractivity contribution in [2.45, 2.75) is 32.4 Å². The fraction of sp³-hybridized carbons (Fsp3) is 0.857. The minimum Gasteiger partial charge on any atom is -0.291 e. The molecule has 0 bridgehead atoms. The molecule has 1 heterocycles. The van der Waals surface area contributed by atoms with Crippen molar-refractivity contribution in [3.05, 3.63) is 0 Å². The molecule has 0 spiro atoms. The molecule has 1 aliphatic heterocycles. The van der Waals surface area contributed by atoms with Crippen LogP contribution in [0, 0.1) is 0 Å². The van der Waals surface area contributed by atoms with Crippen molar-refractivity contribution in [2.75, 3.05) is 6.54 Å². The second-order valence-corrected chi connectivity index (χ2v) is 2.75. The fourth-order valence-electron chi connectivity index (χ4n) is 1.15. The van der Waals surface area contributed by atoms with Crippen LogP contribution in [-0.4, -0.2) is 29.8 Å². The Bertz CT molecular complexity index is 111. The monoisotopic (exact) mass is 126 g/mol. The number of rotatable bonds is 2. The molecular formula is C7H12NO. The zero-order valence-corrected chi connectivity index (χ0v) is 5.92. The Hall–Kier alpha value is -0.370.